The minimum absolute atomic E-state index is 0.538. The van der Waals surface area contributed by atoms with Gasteiger partial charge in [0.25, 0.3) is 0 Å². The summed E-state index contributed by atoms with van der Waals surface area (Å²) >= 11 is 1.66. The molecule has 14 heavy (non-hydrogen) atoms. The average Bonchev–Trinajstić information content (AvgIpc) is 2.55. The molecule has 0 bridgehead atoms. The Balaban J connectivity index is 2.47. The lowest BCUT2D eigenvalue weighted by Crippen LogP contribution is -1.92. The molecule has 0 saturated heterocycles. The van der Waals surface area contributed by atoms with Crippen LogP contribution in [0.15, 0.2) is 30.9 Å². The third-order valence-corrected chi connectivity index (χ3v) is 2.84. The first kappa shape index (κ1) is 9.21. The van der Waals surface area contributed by atoms with E-state index in [1.165, 1.54) is 0 Å². The fourth-order valence-corrected chi connectivity index (χ4v) is 2.18. The molecule has 0 unspecified atom stereocenters. The van der Waals surface area contributed by atoms with Crippen molar-refractivity contribution in [2.45, 2.75) is 6.92 Å². The Hall–Kier alpha value is -1.35. The van der Waals surface area contributed by atoms with E-state index in [0.29, 0.717) is 6.61 Å². The third kappa shape index (κ3) is 1.63. The van der Waals surface area contributed by atoms with E-state index in [1.54, 1.807) is 17.4 Å². The smallest absolute Gasteiger partial charge is 0.139 e. The van der Waals surface area contributed by atoms with Crippen molar-refractivity contribution in [2.75, 3.05) is 6.61 Å². The molecule has 0 atom stereocenters. The molecule has 0 amide bonds. The molecule has 1 heterocycles. The molecule has 3 heteroatoms. The van der Waals surface area contributed by atoms with Crippen molar-refractivity contribution in [3.63, 3.8) is 0 Å². The van der Waals surface area contributed by atoms with E-state index in [0.717, 1.165) is 21.0 Å². The molecule has 1 aromatic carbocycles. The van der Waals surface area contributed by atoms with Gasteiger partial charge in [-0.1, -0.05) is 18.7 Å². The van der Waals surface area contributed by atoms with Crippen molar-refractivity contribution in [3.05, 3.63) is 35.9 Å². The van der Waals surface area contributed by atoms with Crippen molar-refractivity contribution < 1.29 is 4.74 Å². The summed E-state index contributed by atoms with van der Waals surface area (Å²) in [7, 11) is 0. The van der Waals surface area contributed by atoms with E-state index >= 15 is 0 Å². The molecule has 1 aromatic heterocycles. The van der Waals surface area contributed by atoms with E-state index in [-0.39, 0.29) is 0 Å². The summed E-state index contributed by atoms with van der Waals surface area (Å²) in [5.41, 5.74) is 1.01. The van der Waals surface area contributed by atoms with Gasteiger partial charge < -0.3 is 4.74 Å². The summed E-state index contributed by atoms with van der Waals surface area (Å²) in [6.45, 7) is 6.16. The summed E-state index contributed by atoms with van der Waals surface area (Å²) in [6, 6.07) is 5.92. The molecule has 0 radical (unpaired) electrons. The molecule has 0 fully saturated rings. The monoisotopic (exact) mass is 205 g/mol. The highest BCUT2D eigenvalue weighted by atomic mass is 32.1. The summed E-state index contributed by atoms with van der Waals surface area (Å²) in [6.07, 6.45) is 1.74. The van der Waals surface area contributed by atoms with Crippen molar-refractivity contribution in [1.29, 1.82) is 0 Å². The van der Waals surface area contributed by atoms with Crippen LogP contribution in [0.1, 0.15) is 5.01 Å². The van der Waals surface area contributed by atoms with Crippen LogP contribution in [0.2, 0.25) is 0 Å². The Kier molecular flexibility index (Phi) is 2.50. The minimum atomic E-state index is 0.538. The average molecular weight is 205 g/mol. The number of benzene rings is 1. The summed E-state index contributed by atoms with van der Waals surface area (Å²) < 4.78 is 6.65. The number of thiazole rings is 1. The topological polar surface area (TPSA) is 22.1 Å². The van der Waals surface area contributed by atoms with Crippen LogP contribution < -0.4 is 4.74 Å². The quantitative estimate of drug-likeness (QED) is 0.718. The van der Waals surface area contributed by atoms with Crippen LogP contribution in [-0.4, -0.2) is 11.6 Å². The van der Waals surface area contributed by atoms with E-state index in [4.69, 9.17) is 4.74 Å². The highest BCUT2D eigenvalue weighted by molar-refractivity contribution is 7.18. The summed E-state index contributed by atoms with van der Waals surface area (Å²) in [5.74, 6) is 0.896. The van der Waals surface area contributed by atoms with Gasteiger partial charge in [-0.2, -0.15) is 0 Å². The number of rotatable bonds is 3. The van der Waals surface area contributed by atoms with E-state index < -0.39 is 0 Å². The van der Waals surface area contributed by atoms with Gasteiger partial charge in [-0.3, -0.25) is 0 Å². The van der Waals surface area contributed by atoms with Gasteiger partial charge in [-0.15, -0.1) is 11.3 Å². The maximum absolute atomic E-state index is 5.53. The molecule has 0 aliphatic carbocycles. The van der Waals surface area contributed by atoms with Crippen LogP contribution in [0.4, 0.5) is 0 Å². The Morgan fingerprint density at radius 1 is 1.57 bits per heavy atom. The van der Waals surface area contributed by atoms with E-state index in [2.05, 4.69) is 11.6 Å². The Morgan fingerprint density at radius 2 is 2.43 bits per heavy atom. The SMILES string of the molecule is C=CCOc1cccc2nc(C)sc12. The van der Waals surface area contributed by atoms with Gasteiger partial charge in [-0.05, 0) is 19.1 Å². The fraction of sp³-hybridized carbons (Fsp3) is 0.182. The zero-order valence-corrected chi connectivity index (χ0v) is 8.80. The maximum Gasteiger partial charge on any atom is 0.139 e. The molecule has 0 aliphatic heterocycles. The third-order valence-electron chi connectivity index (χ3n) is 1.84. The minimum Gasteiger partial charge on any atom is -0.488 e. The molecular formula is C11H11NOS. The number of hydrogen-bond acceptors (Lipinski definition) is 3. The number of aromatic nitrogens is 1. The van der Waals surface area contributed by atoms with Crippen LogP contribution in [-0.2, 0) is 0 Å². The van der Waals surface area contributed by atoms with E-state index in [9.17, 15) is 0 Å². The van der Waals surface area contributed by atoms with Crippen molar-refractivity contribution in [1.82, 2.24) is 4.98 Å². The van der Waals surface area contributed by atoms with Gasteiger partial charge in [0.15, 0.2) is 0 Å². The Morgan fingerprint density at radius 3 is 3.21 bits per heavy atom. The zero-order valence-electron chi connectivity index (χ0n) is 7.99. The first-order valence-corrected chi connectivity index (χ1v) is 5.23. The predicted octanol–water partition coefficient (Wildman–Crippen LogP) is 3.17. The number of hydrogen-bond donors (Lipinski definition) is 0. The van der Waals surface area contributed by atoms with Crippen LogP contribution in [0.5, 0.6) is 5.75 Å². The lowest BCUT2D eigenvalue weighted by atomic mass is 10.3. The van der Waals surface area contributed by atoms with Gasteiger partial charge in [0.2, 0.25) is 0 Å². The lowest BCUT2D eigenvalue weighted by molar-refractivity contribution is 0.368. The first-order valence-electron chi connectivity index (χ1n) is 4.41. The van der Waals surface area contributed by atoms with Gasteiger partial charge in [0, 0.05) is 0 Å². The Bertz CT molecular complexity index is 461. The van der Waals surface area contributed by atoms with Gasteiger partial charge in [-0.25, -0.2) is 4.98 Å². The normalized spacial score (nSPS) is 10.4. The largest absolute Gasteiger partial charge is 0.488 e. The van der Waals surface area contributed by atoms with Crippen molar-refractivity contribution >= 4 is 21.6 Å². The standard InChI is InChI=1S/C11H11NOS/c1-3-7-13-10-6-4-5-9-11(10)14-8(2)12-9/h3-6H,1,7H2,2H3. The molecule has 2 aromatic rings. The molecule has 72 valence electrons. The zero-order chi connectivity index (χ0) is 9.97. The second-order valence-corrected chi connectivity index (χ2v) is 4.14. The number of aryl methyl sites for hydroxylation is 1. The molecule has 2 rings (SSSR count). The summed E-state index contributed by atoms with van der Waals surface area (Å²) in [5, 5.41) is 1.06. The molecule has 0 N–H and O–H groups in total. The molecule has 0 saturated carbocycles. The number of fused-ring (bicyclic) bond motifs is 1. The molecule has 2 nitrogen and oxygen atoms in total. The van der Waals surface area contributed by atoms with Crippen LogP contribution in [0.25, 0.3) is 10.2 Å². The van der Waals surface area contributed by atoms with Crippen LogP contribution in [0.3, 0.4) is 0 Å². The van der Waals surface area contributed by atoms with Crippen molar-refractivity contribution in [3.8, 4) is 5.75 Å². The second-order valence-electron chi connectivity index (χ2n) is 2.94. The van der Waals surface area contributed by atoms with Crippen molar-refractivity contribution in [2.24, 2.45) is 0 Å². The van der Waals surface area contributed by atoms with Crippen LogP contribution in [0, 0.1) is 6.92 Å². The summed E-state index contributed by atoms with van der Waals surface area (Å²) in [4.78, 5) is 4.39. The first-order chi connectivity index (χ1) is 6.81. The highest BCUT2D eigenvalue weighted by Gasteiger charge is 2.05. The Labute approximate surface area is 86.9 Å². The van der Waals surface area contributed by atoms with Gasteiger partial charge in [0.1, 0.15) is 12.4 Å². The fourth-order valence-electron chi connectivity index (χ4n) is 1.30. The maximum atomic E-state index is 5.53. The molecular weight excluding hydrogens is 194 g/mol. The molecule has 0 aliphatic rings. The van der Waals surface area contributed by atoms with Gasteiger partial charge >= 0.3 is 0 Å². The molecule has 0 spiro atoms. The van der Waals surface area contributed by atoms with Crippen LogP contribution >= 0.6 is 11.3 Å². The number of nitrogens with zero attached hydrogens (tertiary/aromatic N) is 1. The highest BCUT2D eigenvalue weighted by Crippen LogP contribution is 2.30. The van der Waals surface area contributed by atoms with E-state index in [1.807, 2.05) is 25.1 Å². The van der Waals surface area contributed by atoms with Gasteiger partial charge in [0.05, 0.1) is 15.2 Å². The number of ether oxygens (including phenoxy) is 1. The second kappa shape index (κ2) is 3.80. The lowest BCUT2D eigenvalue weighted by Gasteiger charge is -2.02. The predicted molar refractivity (Wildman–Crippen MR) is 60.0 cm³/mol.